The predicted octanol–water partition coefficient (Wildman–Crippen LogP) is 4.11. The summed E-state index contributed by atoms with van der Waals surface area (Å²) < 4.78 is 0. The summed E-state index contributed by atoms with van der Waals surface area (Å²) in [5.74, 6) is 0.803. The third-order valence-electron chi connectivity index (χ3n) is 1.71. The molecule has 0 heterocycles. The Bertz CT molecular complexity index is 170. The van der Waals surface area contributed by atoms with Gasteiger partial charge in [-0.3, -0.25) is 0 Å². The van der Waals surface area contributed by atoms with Crippen LogP contribution in [0.3, 0.4) is 0 Å². The van der Waals surface area contributed by atoms with E-state index in [-0.39, 0.29) is 0 Å². The molecule has 0 spiro atoms. The van der Waals surface area contributed by atoms with Gasteiger partial charge in [0.05, 0.1) is 0 Å². The first-order valence-corrected chi connectivity index (χ1v) is 4.62. The number of allylic oxidation sites excluding steroid dienone is 5. The van der Waals surface area contributed by atoms with Crippen molar-refractivity contribution < 1.29 is 0 Å². The van der Waals surface area contributed by atoms with Crippen LogP contribution < -0.4 is 0 Å². The second-order valence-electron chi connectivity index (χ2n) is 3.51. The molecule has 0 saturated heterocycles. The number of rotatable bonds is 5. The van der Waals surface area contributed by atoms with Crippen LogP contribution in [-0.4, -0.2) is 0 Å². The van der Waals surface area contributed by atoms with Gasteiger partial charge in [-0.25, -0.2) is 0 Å². The summed E-state index contributed by atoms with van der Waals surface area (Å²) in [6.07, 6.45) is 10.6. The average Bonchev–Trinajstić information content (AvgIpc) is 2.00. The van der Waals surface area contributed by atoms with Crippen molar-refractivity contribution in [2.24, 2.45) is 5.92 Å². The van der Waals surface area contributed by atoms with Crippen LogP contribution in [0.5, 0.6) is 0 Å². The molecule has 0 bridgehead atoms. The fourth-order valence-corrected chi connectivity index (χ4v) is 0.932. The lowest BCUT2D eigenvalue weighted by Crippen LogP contribution is -1.84. The van der Waals surface area contributed by atoms with Gasteiger partial charge in [0.25, 0.3) is 0 Å². The first-order valence-electron chi connectivity index (χ1n) is 4.62. The molecule has 0 aromatic carbocycles. The minimum Gasteiger partial charge on any atom is -0.0991 e. The first-order chi connectivity index (χ1) is 5.66. The zero-order valence-corrected chi connectivity index (χ0v) is 8.51. The molecule has 0 saturated carbocycles. The summed E-state index contributed by atoms with van der Waals surface area (Å²) >= 11 is 0. The largest absolute Gasteiger partial charge is 0.0991 e. The molecule has 68 valence electrons. The van der Waals surface area contributed by atoms with Gasteiger partial charge in [0.2, 0.25) is 0 Å². The molecule has 0 fully saturated rings. The summed E-state index contributed by atoms with van der Waals surface area (Å²) in [7, 11) is 0. The fourth-order valence-electron chi connectivity index (χ4n) is 0.932. The van der Waals surface area contributed by atoms with Crippen molar-refractivity contribution in [3.8, 4) is 0 Å². The molecule has 0 N–H and O–H groups in total. The van der Waals surface area contributed by atoms with Gasteiger partial charge in [-0.05, 0) is 25.7 Å². The third kappa shape index (κ3) is 7.33. The van der Waals surface area contributed by atoms with Crippen LogP contribution in [0.25, 0.3) is 0 Å². The summed E-state index contributed by atoms with van der Waals surface area (Å²) in [6, 6.07) is 0. The van der Waals surface area contributed by atoms with Gasteiger partial charge in [0.15, 0.2) is 0 Å². The Hall–Kier alpha value is -0.780. The molecule has 0 atom stereocenters. The summed E-state index contributed by atoms with van der Waals surface area (Å²) in [6.45, 7) is 10.3. The van der Waals surface area contributed by atoms with E-state index in [2.05, 4.69) is 39.5 Å². The van der Waals surface area contributed by atoms with Gasteiger partial charge < -0.3 is 0 Å². The molecule has 0 aliphatic rings. The second kappa shape index (κ2) is 6.90. The molecule has 0 unspecified atom stereocenters. The van der Waals surface area contributed by atoms with Gasteiger partial charge >= 0.3 is 0 Å². The maximum absolute atomic E-state index is 3.63. The van der Waals surface area contributed by atoms with Gasteiger partial charge in [-0.15, -0.1) is 0 Å². The Morgan fingerprint density at radius 1 is 1.42 bits per heavy atom. The van der Waals surface area contributed by atoms with E-state index >= 15 is 0 Å². The lowest BCUT2D eigenvalue weighted by atomic mass is 10.1. The molecule has 0 radical (unpaired) electrons. The molecule has 0 amide bonds. The van der Waals surface area contributed by atoms with E-state index in [9.17, 15) is 0 Å². The van der Waals surface area contributed by atoms with Crippen molar-refractivity contribution in [2.45, 2.75) is 33.6 Å². The third-order valence-corrected chi connectivity index (χ3v) is 1.71. The number of hydrogen-bond acceptors (Lipinski definition) is 0. The normalized spacial score (nSPS) is 12.8. The van der Waals surface area contributed by atoms with Gasteiger partial charge in [0.1, 0.15) is 0 Å². The highest BCUT2D eigenvalue weighted by atomic mass is 14.0. The van der Waals surface area contributed by atoms with Crippen molar-refractivity contribution >= 4 is 0 Å². The Morgan fingerprint density at radius 3 is 2.58 bits per heavy atom. The molecular weight excluding hydrogens is 144 g/mol. The van der Waals surface area contributed by atoms with E-state index in [1.807, 2.05) is 6.08 Å². The van der Waals surface area contributed by atoms with E-state index < -0.39 is 0 Å². The fraction of sp³-hybridized carbons (Fsp3) is 0.500. The molecule has 0 rings (SSSR count). The highest BCUT2D eigenvalue weighted by Gasteiger charge is 1.90. The molecule has 0 aromatic rings. The maximum Gasteiger partial charge on any atom is -0.0343 e. The quantitative estimate of drug-likeness (QED) is 0.536. The summed E-state index contributed by atoms with van der Waals surface area (Å²) in [5, 5.41) is 0. The minimum absolute atomic E-state index is 0.803. The van der Waals surface area contributed by atoms with Crippen LogP contribution in [0.1, 0.15) is 33.6 Å². The Kier molecular flexibility index (Phi) is 6.45. The van der Waals surface area contributed by atoms with Crippen molar-refractivity contribution in [3.05, 3.63) is 36.5 Å². The standard InChI is InChI=1S/C12H20/c1-5-6-9-12(4)10-7-8-11(2)3/h5-6,9-11H,1,7-8H2,2-4H3. The highest BCUT2D eigenvalue weighted by molar-refractivity contribution is 5.18. The Morgan fingerprint density at radius 2 is 2.08 bits per heavy atom. The maximum atomic E-state index is 3.63. The van der Waals surface area contributed by atoms with E-state index in [1.54, 1.807) is 6.08 Å². The molecular formula is C12H20. The Labute approximate surface area is 76.7 Å². The summed E-state index contributed by atoms with van der Waals surface area (Å²) in [5.41, 5.74) is 1.33. The van der Waals surface area contributed by atoms with Crippen molar-refractivity contribution in [3.63, 3.8) is 0 Å². The van der Waals surface area contributed by atoms with Crippen molar-refractivity contribution in [1.29, 1.82) is 0 Å². The number of hydrogen-bond donors (Lipinski definition) is 0. The van der Waals surface area contributed by atoms with E-state index in [4.69, 9.17) is 0 Å². The van der Waals surface area contributed by atoms with Gasteiger partial charge in [0, 0.05) is 0 Å². The average molecular weight is 164 g/mol. The first kappa shape index (κ1) is 11.2. The van der Waals surface area contributed by atoms with Gasteiger partial charge in [-0.1, -0.05) is 50.3 Å². The van der Waals surface area contributed by atoms with E-state index in [1.165, 1.54) is 18.4 Å². The van der Waals surface area contributed by atoms with Crippen molar-refractivity contribution in [2.75, 3.05) is 0 Å². The van der Waals surface area contributed by atoms with Crippen LogP contribution in [0.4, 0.5) is 0 Å². The molecule has 0 aliphatic carbocycles. The lowest BCUT2D eigenvalue weighted by molar-refractivity contribution is 0.593. The minimum atomic E-state index is 0.803. The second-order valence-corrected chi connectivity index (χ2v) is 3.51. The predicted molar refractivity (Wildman–Crippen MR) is 57.2 cm³/mol. The zero-order chi connectivity index (χ0) is 9.40. The van der Waals surface area contributed by atoms with Crippen LogP contribution in [-0.2, 0) is 0 Å². The van der Waals surface area contributed by atoms with Crippen LogP contribution in [0.2, 0.25) is 0 Å². The van der Waals surface area contributed by atoms with E-state index in [0.717, 1.165) is 5.92 Å². The van der Waals surface area contributed by atoms with Gasteiger partial charge in [-0.2, -0.15) is 0 Å². The summed E-state index contributed by atoms with van der Waals surface area (Å²) in [4.78, 5) is 0. The van der Waals surface area contributed by atoms with Crippen LogP contribution in [0.15, 0.2) is 36.5 Å². The molecule has 0 aromatic heterocycles. The topological polar surface area (TPSA) is 0 Å². The molecule has 0 nitrogen and oxygen atoms in total. The van der Waals surface area contributed by atoms with Crippen LogP contribution >= 0.6 is 0 Å². The molecule has 12 heavy (non-hydrogen) atoms. The Balaban J connectivity index is 3.68. The SMILES string of the molecule is C=CC=CC(C)=CCCC(C)C. The van der Waals surface area contributed by atoms with E-state index in [0.29, 0.717) is 0 Å². The zero-order valence-electron chi connectivity index (χ0n) is 8.51. The molecule has 0 heteroatoms. The monoisotopic (exact) mass is 164 g/mol. The highest BCUT2D eigenvalue weighted by Crippen LogP contribution is 2.06. The molecule has 0 aliphatic heterocycles. The van der Waals surface area contributed by atoms with Crippen molar-refractivity contribution in [1.82, 2.24) is 0 Å². The smallest absolute Gasteiger partial charge is 0.0343 e. The van der Waals surface area contributed by atoms with Crippen LogP contribution in [0, 0.1) is 5.92 Å². The lowest BCUT2D eigenvalue weighted by Gasteiger charge is -1.99.